The number of nitrogens with one attached hydrogen (secondary N) is 1. The van der Waals surface area contributed by atoms with Crippen LogP contribution in [0.1, 0.15) is 10.4 Å². The number of amides is 1. The standard InChI is InChI=1S/C12H16N2O4/c1-17-10(7-13)11(15)14-9-5-3-8(4-6-9)12(16)18-2/h3-6,10H,7,13H2,1-2H3,(H,14,15). The first kappa shape index (κ1) is 14.1. The van der Waals surface area contributed by atoms with Gasteiger partial charge in [-0.25, -0.2) is 4.79 Å². The maximum Gasteiger partial charge on any atom is 0.337 e. The molecule has 0 saturated heterocycles. The predicted molar refractivity (Wildman–Crippen MR) is 66.3 cm³/mol. The molecule has 1 atom stereocenters. The number of hydrogen-bond donors (Lipinski definition) is 2. The van der Waals surface area contributed by atoms with Crippen LogP contribution in [0, 0.1) is 0 Å². The summed E-state index contributed by atoms with van der Waals surface area (Å²) in [7, 11) is 2.72. The summed E-state index contributed by atoms with van der Waals surface area (Å²) in [6, 6.07) is 6.33. The molecule has 98 valence electrons. The number of carbonyl (C=O) groups excluding carboxylic acids is 2. The number of hydrogen-bond acceptors (Lipinski definition) is 5. The fourth-order valence-electron chi connectivity index (χ4n) is 1.34. The molecule has 1 aromatic carbocycles. The third kappa shape index (κ3) is 3.54. The number of methoxy groups -OCH3 is 2. The van der Waals surface area contributed by atoms with Gasteiger partial charge in [0.25, 0.3) is 5.91 Å². The van der Waals surface area contributed by atoms with Crippen LogP contribution in [0.25, 0.3) is 0 Å². The van der Waals surface area contributed by atoms with Crippen molar-refractivity contribution >= 4 is 17.6 Å². The van der Waals surface area contributed by atoms with Crippen molar-refractivity contribution in [2.75, 3.05) is 26.1 Å². The highest BCUT2D eigenvalue weighted by atomic mass is 16.5. The van der Waals surface area contributed by atoms with Crippen molar-refractivity contribution in [1.82, 2.24) is 0 Å². The number of anilines is 1. The summed E-state index contributed by atoms with van der Waals surface area (Å²) in [4.78, 5) is 22.8. The van der Waals surface area contributed by atoms with Gasteiger partial charge >= 0.3 is 5.97 Å². The number of carbonyl (C=O) groups is 2. The molecule has 0 saturated carbocycles. The second-order valence-electron chi connectivity index (χ2n) is 3.52. The summed E-state index contributed by atoms with van der Waals surface area (Å²) in [6.45, 7) is 0.0998. The Morgan fingerprint density at radius 2 is 1.89 bits per heavy atom. The first-order chi connectivity index (χ1) is 8.62. The van der Waals surface area contributed by atoms with Crippen LogP contribution < -0.4 is 11.1 Å². The maximum absolute atomic E-state index is 11.6. The van der Waals surface area contributed by atoms with Crippen LogP contribution in [-0.4, -0.2) is 38.7 Å². The van der Waals surface area contributed by atoms with Crippen molar-refractivity contribution in [1.29, 1.82) is 0 Å². The van der Waals surface area contributed by atoms with E-state index in [0.717, 1.165) is 0 Å². The van der Waals surface area contributed by atoms with Crippen LogP contribution >= 0.6 is 0 Å². The van der Waals surface area contributed by atoms with E-state index in [1.807, 2.05) is 0 Å². The predicted octanol–water partition coefficient (Wildman–Crippen LogP) is 0.385. The van der Waals surface area contributed by atoms with Crippen LogP contribution in [0.4, 0.5) is 5.69 Å². The Hall–Kier alpha value is -1.92. The van der Waals surface area contributed by atoms with Crippen LogP contribution in [0.5, 0.6) is 0 Å². The van der Waals surface area contributed by atoms with Gasteiger partial charge in [-0.1, -0.05) is 0 Å². The topological polar surface area (TPSA) is 90.7 Å². The van der Waals surface area contributed by atoms with Gasteiger partial charge in [0.15, 0.2) is 0 Å². The van der Waals surface area contributed by atoms with Gasteiger partial charge in [-0.3, -0.25) is 4.79 Å². The monoisotopic (exact) mass is 252 g/mol. The highest BCUT2D eigenvalue weighted by molar-refractivity contribution is 5.95. The van der Waals surface area contributed by atoms with E-state index in [1.54, 1.807) is 24.3 Å². The number of rotatable bonds is 5. The van der Waals surface area contributed by atoms with E-state index in [2.05, 4.69) is 10.1 Å². The van der Waals surface area contributed by atoms with Crippen molar-refractivity contribution in [3.8, 4) is 0 Å². The molecule has 0 radical (unpaired) electrons. The highest BCUT2D eigenvalue weighted by Gasteiger charge is 2.15. The van der Waals surface area contributed by atoms with Crippen LogP contribution in [-0.2, 0) is 14.3 Å². The summed E-state index contributed by atoms with van der Waals surface area (Å²) in [5, 5.41) is 2.63. The Labute approximate surface area is 105 Å². The fourth-order valence-corrected chi connectivity index (χ4v) is 1.34. The minimum Gasteiger partial charge on any atom is -0.465 e. The van der Waals surface area contributed by atoms with E-state index in [-0.39, 0.29) is 12.5 Å². The lowest BCUT2D eigenvalue weighted by Crippen LogP contribution is -2.35. The van der Waals surface area contributed by atoms with Crippen LogP contribution in [0.2, 0.25) is 0 Å². The summed E-state index contributed by atoms with van der Waals surface area (Å²) >= 11 is 0. The van der Waals surface area contributed by atoms with Crippen molar-refractivity contribution in [3.05, 3.63) is 29.8 Å². The highest BCUT2D eigenvalue weighted by Crippen LogP contribution is 2.11. The lowest BCUT2D eigenvalue weighted by Gasteiger charge is -2.13. The van der Waals surface area contributed by atoms with Crippen molar-refractivity contribution in [3.63, 3.8) is 0 Å². The zero-order chi connectivity index (χ0) is 13.5. The molecular weight excluding hydrogens is 236 g/mol. The molecule has 1 unspecified atom stereocenters. The van der Waals surface area contributed by atoms with Crippen LogP contribution in [0.3, 0.4) is 0 Å². The lowest BCUT2D eigenvalue weighted by molar-refractivity contribution is -0.125. The van der Waals surface area contributed by atoms with Crippen molar-refractivity contribution < 1.29 is 19.1 Å². The molecule has 18 heavy (non-hydrogen) atoms. The Morgan fingerprint density at radius 1 is 1.28 bits per heavy atom. The van der Waals surface area contributed by atoms with Crippen molar-refractivity contribution in [2.24, 2.45) is 5.73 Å². The smallest absolute Gasteiger partial charge is 0.337 e. The zero-order valence-corrected chi connectivity index (χ0v) is 10.3. The minimum absolute atomic E-state index is 0.0998. The van der Waals surface area contributed by atoms with Crippen LogP contribution in [0.15, 0.2) is 24.3 Å². The fraction of sp³-hybridized carbons (Fsp3) is 0.333. The largest absolute Gasteiger partial charge is 0.465 e. The molecule has 1 rings (SSSR count). The van der Waals surface area contributed by atoms with E-state index in [9.17, 15) is 9.59 Å². The molecule has 0 fully saturated rings. The lowest BCUT2D eigenvalue weighted by atomic mass is 10.2. The third-order valence-electron chi connectivity index (χ3n) is 2.36. The molecule has 0 bridgehead atoms. The quantitative estimate of drug-likeness (QED) is 0.739. The third-order valence-corrected chi connectivity index (χ3v) is 2.36. The summed E-state index contributed by atoms with van der Waals surface area (Å²) in [5.41, 5.74) is 6.35. The summed E-state index contributed by atoms with van der Waals surface area (Å²) in [6.07, 6.45) is -0.690. The molecule has 1 amide bonds. The Morgan fingerprint density at radius 3 is 2.33 bits per heavy atom. The van der Waals surface area contributed by atoms with E-state index in [4.69, 9.17) is 10.5 Å². The molecule has 3 N–H and O–H groups in total. The van der Waals surface area contributed by atoms with Gasteiger partial charge in [0.2, 0.25) is 0 Å². The number of nitrogens with two attached hydrogens (primary N) is 1. The molecule has 0 aliphatic carbocycles. The summed E-state index contributed by atoms with van der Waals surface area (Å²) in [5.74, 6) is -0.754. The van der Waals surface area contributed by atoms with Gasteiger partial charge in [-0.05, 0) is 24.3 Å². The molecule has 0 aliphatic heterocycles. The molecule has 0 aliphatic rings. The minimum atomic E-state index is -0.690. The molecule has 1 aromatic rings. The maximum atomic E-state index is 11.6. The molecule has 6 nitrogen and oxygen atoms in total. The Bertz CT molecular complexity index is 413. The molecular formula is C12H16N2O4. The molecule has 0 spiro atoms. The van der Waals surface area contributed by atoms with Gasteiger partial charge in [0, 0.05) is 19.3 Å². The van der Waals surface area contributed by atoms with E-state index >= 15 is 0 Å². The number of ether oxygens (including phenoxy) is 2. The number of benzene rings is 1. The normalized spacial score (nSPS) is 11.7. The van der Waals surface area contributed by atoms with Gasteiger partial charge in [-0.2, -0.15) is 0 Å². The first-order valence-corrected chi connectivity index (χ1v) is 5.34. The molecule has 0 aromatic heterocycles. The average molecular weight is 252 g/mol. The van der Waals surface area contributed by atoms with E-state index in [1.165, 1.54) is 14.2 Å². The Kier molecular flexibility index (Phi) is 5.29. The number of esters is 1. The molecule has 6 heteroatoms. The van der Waals surface area contributed by atoms with Gasteiger partial charge < -0.3 is 20.5 Å². The Balaban J connectivity index is 2.69. The zero-order valence-electron chi connectivity index (χ0n) is 10.3. The second-order valence-corrected chi connectivity index (χ2v) is 3.52. The summed E-state index contributed by atoms with van der Waals surface area (Å²) < 4.78 is 9.47. The van der Waals surface area contributed by atoms with Gasteiger partial charge in [0.05, 0.1) is 12.7 Å². The van der Waals surface area contributed by atoms with Gasteiger partial charge in [-0.15, -0.1) is 0 Å². The van der Waals surface area contributed by atoms with E-state index in [0.29, 0.717) is 11.3 Å². The van der Waals surface area contributed by atoms with Crippen molar-refractivity contribution in [2.45, 2.75) is 6.10 Å². The van der Waals surface area contributed by atoms with E-state index < -0.39 is 12.1 Å². The van der Waals surface area contributed by atoms with Gasteiger partial charge in [0.1, 0.15) is 6.10 Å². The SMILES string of the molecule is COC(=O)c1ccc(NC(=O)C(CN)OC)cc1. The second kappa shape index (κ2) is 6.73. The molecule has 0 heterocycles. The average Bonchev–Trinajstić information content (AvgIpc) is 2.40. The first-order valence-electron chi connectivity index (χ1n) is 5.34.